The van der Waals surface area contributed by atoms with Crippen LogP contribution in [-0.2, 0) is 4.79 Å². The van der Waals surface area contributed by atoms with Gasteiger partial charge in [-0.05, 0) is 33.0 Å². The number of carbonyl (C=O) groups excluding carboxylic acids is 1. The third kappa shape index (κ3) is 4.56. The second-order valence-corrected chi connectivity index (χ2v) is 6.77. The van der Waals surface area contributed by atoms with Crippen LogP contribution in [0.4, 0.5) is 4.79 Å². The molecule has 6 nitrogen and oxygen atoms in total. The monoisotopic (exact) mass is 303 g/mol. The Balaban J connectivity index is 2.58. The van der Waals surface area contributed by atoms with Gasteiger partial charge in [0.05, 0.1) is 5.37 Å². The van der Waals surface area contributed by atoms with Gasteiger partial charge in [0.2, 0.25) is 0 Å². The van der Waals surface area contributed by atoms with E-state index in [1.807, 2.05) is 27.9 Å². The van der Waals surface area contributed by atoms with E-state index in [1.165, 1.54) is 4.90 Å². The predicted octanol–water partition coefficient (Wildman–Crippen LogP) is 1.13. The van der Waals surface area contributed by atoms with Gasteiger partial charge >= 0.3 is 12.0 Å². The number of carboxylic acids is 1. The molecule has 1 aliphatic heterocycles. The number of carbonyl (C=O) groups is 2. The number of amides is 2. The minimum Gasteiger partial charge on any atom is -0.480 e. The topological polar surface area (TPSA) is 72.9 Å². The number of carboxylic acid groups (broad SMARTS) is 1. The molecule has 0 aromatic carbocycles. The SMILES string of the molecule is CC(C)C1SCC(C(=O)O)N1C(=O)NCCCN(C)C. The van der Waals surface area contributed by atoms with E-state index in [0.29, 0.717) is 12.3 Å². The Morgan fingerprint density at radius 1 is 1.45 bits per heavy atom. The third-order valence-electron chi connectivity index (χ3n) is 3.18. The summed E-state index contributed by atoms with van der Waals surface area (Å²) in [5, 5.41) is 12.0. The Hall–Kier alpha value is -0.950. The van der Waals surface area contributed by atoms with Crippen LogP contribution in [-0.4, -0.2) is 71.3 Å². The normalized spacial score (nSPS) is 22.6. The zero-order chi connectivity index (χ0) is 15.3. The molecule has 2 N–H and O–H groups in total. The summed E-state index contributed by atoms with van der Waals surface area (Å²) in [6.45, 7) is 5.47. The zero-order valence-corrected chi connectivity index (χ0v) is 13.4. The number of nitrogens with one attached hydrogen (secondary N) is 1. The lowest BCUT2D eigenvalue weighted by Gasteiger charge is -2.29. The van der Waals surface area contributed by atoms with Crippen LogP contribution in [0.5, 0.6) is 0 Å². The fourth-order valence-corrected chi connectivity index (χ4v) is 3.64. The summed E-state index contributed by atoms with van der Waals surface area (Å²) in [6, 6.07) is -0.985. The van der Waals surface area contributed by atoms with Crippen LogP contribution >= 0.6 is 11.8 Å². The fourth-order valence-electron chi connectivity index (χ4n) is 2.17. The fraction of sp³-hybridized carbons (Fsp3) is 0.846. The van der Waals surface area contributed by atoms with Crippen molar-refractivity contribution < 1.29 is 14.7 Å². The lowest BCUT2D eigenvalue weighted by atomic mass is 10.2. The van der Waals surface area contributed by atoms with Gasteiger partial charge in [0.1, 0.15) is 6.04 Å². The molecule has 0 spiro atoms. The van der Waals surface area contributed by atoms with Gasteiger partial charge < -0.3 is 15.3 Å². The number of nitrogens with zero attached hydrogens (tertiary/aromatic N) is 2. The Bertz CT molecular complexity index is 350. The number of thioether (sulfide) groups is 1. The van der Waals surface area contributed by atoms with Crippen molar-refractivity contribution in [2.75, 3.05) is 32.9 Å². The molecule has 1 fully saturated rings. The summed E-state index contributed by atoms with van der Waals surface area (Å²) >= 11 is 1.54. The predicted molar refractivity (Wildman–Crippen MR) is 80.9 cm³/mol. The first-order chi connectivity index (χ1) is 9.34. The second-order valence-electron chi connectivity index (χ2n) is 5.62. The molecule has 0 aromatic rings. The molecule has 0 radical (unpaired) electrons. The standard InChI is InChI=1S/C13H25N3O3S/c1-9(2)11-16(10(8-20-11)12(17)18)13(19)14-6-5-7-15(3)4/h9-11H,5-8H2,1-4H3,(H,14,19)(H,17,18). The highest BCUT2D eigenvalue weighted by Crippen LogP contribution is 2.33. The molecular formula is C13H25N3O3S. The third-order valence-corrected chi connectivity index (χ3v) is 4.80. The van der Waals surface area contributed by atoms with Crippen LogP contribution in [0.25, 0.3) is 0 Å². The van der Waals surface area contributed by atoms with Crippen molar-refractivity contribution in [3.8, 4) is 0 Å². The minimum atomic E-state index is -0.927. The molecule has 0 aromatic heterocycles. The van der Waals surface area contributed by atoms with Crippen molar-refractivity contribution in [1.82, 2.24) is 15.1 Å². The van der Waals surface area contributed by atoms with Gasteiger partial charge in [-0.1, -0.05) is 13.8 Å². The Kier molecular flexibility index (Phi) is 6.61. The average molecular weight is 303 g/mol. The molecule has 0 bridgehead atoms. The van der Waals surface area contributed by atoms with Crippen LogP contribution in [0, 0.1) is 5.92 Å². The van der Waals surface area contributed by atoms with Crippen LogP contribution in [0.15, 0.2) is 0 Å². The van der Waals surface area contributed by atoms with E-state index in [4.69, 9.17) is 0 Å². The smallest absolute Gasteiger partial charge is 0.327 e. The minimum absolute atomic E-state index is 0.0649. The Morgan fingerprint density at radius 3 is 2.60 bits per heavy atom. The highest BCUT2D eigenvalue weighted by Gasteiger charge is 2.42. The number of hydrogen-bond acceptors (Lipinski definition) is 4. The molecule has 1 aliphatic rings. The van der Waals surface area contributed by atoms with E-state index in [9.17, 15) is 14.7 Å². The van der Waals surface area contributed by atoms with Crippen molar-refractivity contribution in [2.24, 2.45) is 5.92 Å². The summed E-state index contributed by atoms with van der Waals surface area (Å²) < 4.78 is 0. The summed E-state index contributed by atoms with van der Waals surface area (Å²) in [7, 11) is 3.96. The molecule has 1 saturated heterocycles. The molecular weight excluding hydrogens is 278 g/mol. The molecule has 1 heterocycles. The first-order valence-corrected chi connectivity index (χ1v) is 7.94. The van der Waals surface area contributed by atoms with Crippen molar-refractivity contribution in [3.05, 3.63) is 0 Å². The number of rotatable bonds is 6. The first-order valence-electron chi connectivity index (χ1n) is 6.90. The first kappa shape index (κ1) is 17.1. The Morgan fingerprint density at radius 2 is 2.10 bits per heavy atom. The van der Waals surface area contributed by atoms with Crippen LogP contribution in [0.3, 0.4) is 0 Å². The summed E-state index contributed by atoms with van der Waals surface area (Å²) in [4.78, 5) is 27.1. The second kappa shape index (κ2) is 7.73. The maximum atomic E-state index is 12.2. The van der Waals surface area contributed by atoms with Gasteiger partial charge in [0.25, 0.3) is 0 Å². The highest BCUT2D eigenvalue weighted by molar-refractivity contribution is 8.00. The van der Waals surface area contributed by atoms with Gasteiger partial charge in [-0.3, -0.25) is 4.90 Å². The van der Waals surface area contributed by atoms with E-state index in [1.54, 1.807) is 11.8 Å². The van der Waals surface area contributed by atoms with Crippen molar-refractivity contribution >= 4 is 23.8 Å². The number of urea groups is 1. The van der Waals surface area contributed by atoms with Gasteiger partial charge in [0.15, 0.2) is 0 Å². The largest absolute Gasteiger partial charge is 0.480 e. The van der Waals surface area contributed by atoms with Gasteiger partial charge in [-0.15, -0.1) is 11.8 Å². The molecule has 0 aliphatic carbocycles. The number of hydrogen-bond donors (Lipinski definition) is 2. The van der Waals surface area contributed by atoms with Gasteiger partial charge in [-0.2, -0.15) is 0 Å². The van der Waals surface area contributed by atoms with E-state index in [-0.39, 0.29) is 17.3 Å². The lowest BCUT2D eigenvalue weighted by molar-refractivity contribution is -0.141. The van der Waals surface area contributed by atoms with E-state index in [2.05, 4.69) is 10.2 Å². The summed E-state index contributed by atoms with van der Waals surface area (Å²) in [5.74, 6) is -0.232. The molecule has 7 heteroatoms. The van der Waals surface area contributed by atoms with E-state index < -0.39 is 12.0 Å². The zero-order valence-electron chi connectivity index (χ0n) is 12.6. The van der Waals surface area contributed by atoms with Crippen molar-refractivity contribution in [1.29, 1.82) is 0 Å². The maximum Gasteiger partial charge on any atom is 0.327 e. The number of aliphatic carboxylic acids is 1. The van der Waals surface area contributed by atoms with Gasteiger partial charge in [-0.25, -0.2) is 9.59 Å². The van der Waals surface area contributed by atoms with Crippen molar-refractivity contribution in [3.63, 3.8) is 0 Å². The molecule has 116 valence electrons. The van der Waals surface area contributed by atoms with Gasteiger partial charge in [0, 0.05) is 12.3 Å². The Labute approximate surface area is 124 Å². The summed E-state index contributed by atoms with van der Waals surface area (Å²) in [6.07, 6.45) is 0.851. The van der Waals surface area contributed by atoms with Crippen LogP contribution in [0.2, 0.25) is 0 Å². The van der Waals surface area contributed by atoms with Crippen LogP contribution in [0.1, 0.15) is 20.3 Å². The molecule has 1 rings (SSSR count). The quantitative estimate of drug-likeness (QED) is 0.720. The van der Waals surface area contributed by atoms with E-state index >= 15 is 0 Å². The van der Waals surface area contributed by atoms with E-state index in [0.717, 1.165) is 13.0 Å². The maximum absolute atomic E-state index is 12.2. The molecule has 2 atom stereocenters. The average Bonchev–Trinajstić information content (AvgIpc) is 2.78. The molecule has 0 saturated carbocycles. The van der Waals surface area contributed by atoms with Crippen molar-refractivity contribution in [2.45, 2.75) is 31.7 Å². The summed E-state index contributed by atoms with van der Waals surface area (Å²) in [5.41, 5.74) is 0. The van der Waals surface area contributed by atoms with Crippen LogP contribution < -0.4 is 5.32 Å². The highest BCUT2D eigenvalue weighted by atomic mass is 32.2. The lowest BCUT2D eigenvalue weighted by Crippen LogP contribution is -2.51. The molecule has 20 heavy (non-hydrogen) atoms. The molecule has 2 unspecified atom stereocenters. The molecule has 2 amide bonds.